The van der Waals surface area contributed by atoms with E-state index < -0.39 is 5.97 Å². The molecule has 0 unspecified atom stereocenters. The zero-order chi connectivity index (χ0) is 9.56. The Bertz CT molecular complexity index is 161. The fourth-order valence-electron chi connectivity index (χ4n) is 0.622. The van der Waals surface area contributed by atoms with Gasteiger partial charge in [-0.05, 0) is 0 Å². The molecule has 5 heteroatoms. The van der Waals surface area contributed by atoms with Crippen molar-refractivity contribution >= 4 is 11.9 Å². The van der Waals surface area contributed by atoms with E-state index in [0.29, 0.717) is 0 Å². The molecular weight excluding hydrogens is 162 g/mol. The van der Waals surface area contributed by atoms with E-state index >= 15 is 0 Å². The number of ether oxygens (including phenoxy) is 1. The van der Waals surface area contributed by atoms with Crippen LogP contribution < -0.4 is 5.32 Å². The fraction of sp³-hybridized carbons (Fsp3) is 0.714. The van der Waals surface area contributed by atoms with Crippen molar-refractivity contribution in [3.63, 3.8) is 0 Å². The number of carboxylic acids is 1. The van der Waals surface area contributed by atoms with Crippen molar-refractivity contribution in [1.82, 2.24) is 5.32 Å². The highest BCUT2D eigenvalue weighted by Crippen LogP contribution is 2.03. The van der Waals surface area contributed by atoms with E-state index in [4.69, 9.17) is 9.90 Å². The smallest absolute Gasteiger partial charge is 0.311 e. The van der Waals surface area contributed by atoms with Crippen molar-refractivity contribution in [2.24, 2.45) is 5.92 Å². The summed E-state index contributed by atoms with van der Waals surface area (Å²) in [6.45, 7) is 2.65. The third kappa shape index (κ3) is 4.68. The van der Waals surface area contributed by atoms with Gasteiger partial charge in [-0.3, -0.25) is 9.59 Å². The maximum absolute atomic E-state index is 10.5. The van der Waals surface area contributed by atoms with Crippen LogP contribution in [0.15, 0.2) is 0 Å². The number of nitrogens with one attached hydrogen (secondary N) is 1. The van der Waals surface area contributed by atoms with Crippen LogP contribution in [0.2, 0.25) is 0 Å². The molecule has 0 aromatic rings. The SMILES string of the molecule is CC(=O)O.COC(=O)C1CNC1. The molecule has 0 bridgehead atoms. The Balaban J connectivity index is 0.000000261. The van der Waals surface area contributed by atoms with Crippen LogP contribution in [0.5, 0.6) is 0 Å². The topological polar surface area (TPSA) is 75.6 Å². The number of aliphatic carboxylic acids is 1. The molecular formula is C7H13NO4. The Morgan fingerprint density at radius 1 is 1.50 bits per heavy atom. The lowest BCUT2D eigenvalue weighted by molar-refractivity contribution is -0.147. The van der Waals surface area contributed by atoms with Crippen molar-refractivity contribution in [1.29, 1.82) is 0 Å². The van der Waals surface area contributed by atoms with Gasteiger partial charge < -0.3 is 15.2 Å². The average Bonchev–Trinajstić information content (AvgIpc) is 1.82. The van der Waals surface area contributed by atoms with Gasteiger partial charge in [0, 0.05) is 20.0 Å². The summed E-state index contributed by atoms with van der Waals surface area (Å²) in [5, 5.41) is 10.4. The highest BCUT2D eigenvalue weighted by Gasteiger charge is 2.24. The first-order valence-electron chi connectivity index (χ1n) is 3.56. The van der Waals surface area contributed by atoms with Gasteiger partial charge in [-0.2, -0.15) is 0 Å². The molecule has 0 aliphatic carbocycles. The number of hydrogen-bond donors (Lipinski definition) is 2. The van der Waals surface area contributed by atoms with E-state index in [1.165, 1.54) is 7.11 Å². The zero-order valence-corrected chi connectivity index (χ0v) is 7.16. The van der Waals surface area contributed by atoms with Crippen molar-refractivity contribution < 1.29 is 19.4 Å². The van der Waals surface area contributed by atoms with Crippen LogP contribution in [0.1, 0.15) is 6.92 Å². The standard InChI is InChI=1S/C5H9NO2.C2H4O2/c1-8-5(7)4-2-6-3-4;1-2(3)4/h4,6H,2-3H2,1H3;1H3,(H,3,4). The number of esters is 1. The quantitative estimate of drug-likeness (QED) is 0.524. The Kier molecular flexibility index (Phi) is 5.03. The largest absolute Gasteiger partial charge is 0.481 e. The second kappa shape index (κ2) is 5.54. The highest BCUT2D eigenvalue weighted by molar-refractivity contribution is 5.73. The van der Waals surface area contributed by atoms with Gasteiger partial charge in [0.05, 0.1) is 13.0 Å². The van der Waals surface area contributed by atoms with Crippen LogP contribution >= 0.6 is 0 Å². The van der Waals surface area contributed by atoms with E-state index in [2.05, 4.69) is 10.1 Å². The maximum atomic E-state index is 10.5. The number of carbonyl (C=O) groups is 2. The molecule has 1 saturated heterocycles. The first-order valence-corrected chi connectivity index (χ1v) is 3.56. The molecule has 70 valence electrons. The summed E-state index contributed by atoms with van der Waals surface area (Å²) in [6, 6.07) is 0. The Morgan fingerprint density at radius 3 is 2.00 bits per heavy atom. The van der Waals surface area contributed by atoms with Crippen LogP contribution in [0.3, 0.4) is 0 Å². The zero-order valence-electron chi connectivity index (χ0n) is 7.16. The average molecular weight is 175 g/mol. The maximum Gasteiger partial charge on any atom is 0.311 e. The third-order valence-corrected chi connectivity index (χ3v) is 1.32. The predicted octanol–water partition coefficient (Wildman–Crippen LogP) is -0.530. The lowest BCUT2D eigenvalue weighted by atomic mass is 10.0. The van der Waals surface area contributed by atoms with Crippen LogP contribution in [-0.2, 0) is 14.3 Å². The number of methoxy groups -OCH3 is 1. The molecule has 0 aromatic heterocycles. The van der Waals surface area contributed by atoms with Crippen molar-refractivity contribution in [3.8, 4) is 0 Å². The van der Waals surface area contributed by atoms with Gasteiger partial charge in [0.1, 0.15) is 0 Å². The van der Waals surface area contributed by atoms with E-state index in [-0.39, 0.29) is 11.9 Å². The summed E-state index contributed by atoms with van der Waals surface area (Å²) in [5.41, 5.74) is 0. The minimum absolute atomic E-state index is 0.0937. The summed E-state index contributed by atoms with van der Waals surface area (Å²) < 4.78 is 4.48. The summed E-state index contributed by atoms with van der Waals surface area (Å²) >= 11 is 0. The van der Waals surface area contributed by atoms with Crippen LogP contribution in [0.4, 0.5) is 0 Å². The molecule has 0 radical (unpaired) electrons. The lowest BCUT2D eigenvalue weighted by Gasteiger charge is -2.23. The predicted molar refractivity (Wildman–Crippen MR) is 41.7 cm³/mol. The number of carboxylic acid groups (broad SMARTS) is 1. The summed E-state index contributed by atoms with van der Waals surface area (Å²) in [4.78, 5) is 19.5. The second-order valence-corrected chi connectivity index (χ2v) is 2.40. The number of hydrogen-bond acceptors (Lipinski definition) is 4. The molecule has 2 N–H and O–H groups in total. The van der Waals surface area contributed by atoms with Crippen molar-refractivity contribution in [2.75, 3.05) is 20.2 Å². The Morgan fingerprint density at radius 2 is 1.92 bits per heavy atom. The molecule has 1 heterocycles. The second-order valence-electron chi connectivity index (χ2n) is 2.40. The molecule has 1 rings (SSSR count). The van der Waals surface area contributed by atoms with E-state index in [0.717, 1.165) is 20.0 Å². The van der Waals surface area contributed by atoms with Gasteiger partial charge in [0.25, 0.3) is 5.97 Å². The molecule has 0 amide bonds. The minimum atomic E-state index is -0.833. The van der Waals surface area contributed by atoms with Gasteiger partial charge in [-0.1, -0.05) is 0 Å². The normalized spacial score (nSPS) is 15.2. The molecule has 0 aromatic carbocycles. The molecule has 0 saturated carbocycles. The van der Waals surface area contributed by atoms with Crippen LogP contribution in [-0.4, -0.2) is 37.2 Å². The van der Waals surface area contributed by atoms with Crippen LogP contribution in [0, 0.1) is 5.92 Å². The fourth-order valence-corrected chi connectivity index (χ4v) is 0.622. The molecule has 5 nitrogen and oxygen atoms in total. The molecule has 0 atom stereocenters. The third-order valence-electron chi connectivity index (χ3n) is 1.32. The van der Waals surface area contributed by atoms with Crippen LogP contribution in [0.25, 0.3) is 0 Å². The first kappa shape index (κ1) is 10.9. The van der Waals surface area contributed by atoms with Gasteiger partial charge >= 0.3 is 5.97 Å². The summed E-state index contributed by atoms with van der Waals surface area (Å²) in [7, 11) is 1.42. The van der Waals surface area contributed by atoms with Gasteiger partial charge in [-0.25, -0.2) is 0 Å². The molecule has 1 aliphatic rings. The monoisotopic (exact) mass is 175 g/mol. The summed E-state index contributed by atoms with van der Waals surface area (Å²) in [6.07, 6.45) is 0. The van der Waals surface area contributed by atoms with E-state index in [1.54, 1.807) is 0 Å². The summed E-state index contributed by atoms with van der Waals surface area (Å²) in [5.74, 6) is -0.802. The molecule has 1 fully saturated rings. The number of carbonyl (C=O) groups excluding carboxylic acids is 1. The Labute approximate surface area is 70.7 Å². The van der Waals surface area contributed by atoms with Gasteiger partial charge in [-0.15, -0.1) is 0 Å². The molecule has 12 heavy (non-hydrogen) atoms. The number of rotatable bonds is 1. The van der Waals surface area contributed by atoms with Crippen molar-refractivity contribution in [3.05, 3.63) is 0 Å². The minimum Gasteiger partial charge on any atom is -0.481 e. The van der Waals surface area contributed by atoms with Crippen molar-refractivity contribution in [2.45, 2.75) is 6.92 Å². The van der Waals surface area contributed by atoms with E-state index in [1.807, 2.05) is 0 Å². The molecule has 1 aliphatic heterocycles. The lowest BCUT2D eigenvalue weighted by Crippen LogP contribution is -2.46. The van der Waals surface area contributed by atoms with E-state index in [9.17, 15) is 4.79 Å². The highest BCUT2D eigenvalue weighted by atomic mass is 16.5. The van der Waals surface area contributed by atoms with Gasteiger partial charge in [0.2, 0.25) is 0 Å². The molecule has 0 spiro atoms. The Hall–Kier alpha value is -1.10. The van der Waals surface area contributed by atoms with Gasteiger partial charge in [0.15, 0.2) is 0 Å². The first-order chi connectivity index (χ1) is 5.57.